The van der Waals surface area contributed by atoms with Crippen molar-refractivity contribution in [3.05, 3.63) is 89.5 Å². The van der Waals surface area contributed by atoms with Gasteiger partial charge in [0.25, 0.3) is 10.0 Å². The van der Waals surface area contributed by atoms with Crippen molar-refractivity contribution in [2.24, 2.45) is 0 Å². The second-order valence-corrected chi connectivity index (χ2v) is 10.8. The molecular weight excluding hydrogens is 454 g/mol. The van der Waals surface area contributed by atoms with E-state index in [1.807, 2.05) is 38.1 Å². The van der Waals surface area contributed by atoms with Crippen molar-refractivity contribution < 1.29 is 18.3 Å². The number of aromatic nitrogens is 1. The molecule has 0 aliphatic carbocycles. The van der Waals surface area contributed by atoms with Crippen LogP contribution < -0.4 is 0 Å². The predicted molar refractivity (Wildman–Crippen MR) is 133 cm³/mol. The second kappa shape index (κ2) is 7.86. The number of aromatic carboxylic acids is 1. The summed E-state index contributed by atoms with van der Waals surface area (Å²) in [5.74, 6) is -1.17. The number of carboxylic acid groups (broad SMARTS) is 1. The molecular formula is C26H21NO4S2. The fourth-order valence-electron chi connectivity index (χ4n) is 4.28. The van der Waals surface area contributed by atoms with E-state index >= 15 is 0 Å². The van der Waals surface area contributed by atoms with Gasteiger partial charge in [0.1, 0.15) is 0 Å². The third-order valence-corrected chi connectivity index (χ3v) is 8.82. The molecule has 2 heterocycles. The highest BCUT2D eigenvalue weighted by molar-refractivity contribution is 7.90. The Morgan fingerprint density at radius 2 is 1.73 bits per heavy atom. The number of hydrogen-bond acceptors (Lipinski definition) is 4. The van der Waals surface area contributed by atoms with Crippen LogP contribution >= 0.6 is 11.3 Å². The largest absolute Gasteiger partial charge is 0.478 e. The van der Waals surface area contributed by atoms with Crippen LogP contribution in [-0.4, -0.2) is 23.5 Å². The van der Waals surface area contributed by atoms with E-state index < -0.39 is 16.0 Å². The topological polar surface area (TPSA) is 76.4 Å². The summed E-state index contributed by atoms with van der Waals surface area (Å²) in [5, 5.41) is 11.5. The minimum atomic E-state index is -4.08. The monoisotopic (exact) mass is 475 g/mol. The average molecular weight is 476 g/mol. The van der Waals surface area contributed by atoms with E-state index in [0.29, 0.717) is 11.1 Å². The smallest absolute Gasteiger partial charge is 0.337 e. The number of benzene rings is 3. The first kappa shape index (κ1) is 21.4. The molecule has 5 nitrogen and oxygen atoms in total. The van der Waals surface area contributed by atoms with Gasteiger partial charge in [-0.15, -0.1) is 11.3 Å². The molecule has 0 unspecified atom stereocenters. The Balaban J connectivity index is 1.93. The first-order chi connectivity index (χ1) is 15.8. The van der Waals surface area contributed by atoms with Crippen molar-refractivity contribution in [3.8, 4) is 10.6 Å². The van der Waals surface area contributed by atoms with E-state index in [1.54, 1.807) is 42.5 Å². The quantitative estimate of drug-likeness (QED) is 0.322. The summed E-state index contributed by atoms with van der Waals surface area (Å²) in [6.45, 7) is 3.93. The van der Waals surface area contributed by atoms with Crippen LogP contribution in [0, 0.1) is 6.92 Å². The van der Waals surface area contributed by atoms with Crippen LogP contribution in [0.1, 0.15) is 28.4 Å². The molecule has 0 fully saturated rings. The maximum atomic E-state index is 14.0. The highest BCUT2D eigenvalue weighted by atomic mass is 32.2. The molecule has 5 rings (SSSR count). The zero-order valence-corrected chi connectivity index (χ0v) is 19.7. The maximum Gasteiger partial charge on any atom is 0.337 e. The Bertz CT molecular complexity index is 1640. The van der Waals surface area contributed by atoms with Crippen molar-refractivity contribution in [2.75, 3.05) is 0 Å². The minimum absolute atomic E-state index is 0.0476. The number of fused-ring (bicyclic) bond motifs is 2. The third kappa shape index (κ3) is 3.35. The van der Waals surface area contributed by atoms with Gasteiger partial charge in [-0.25, -0.2) is 17.2 Å². The summed E-state index contributed by atoms with van der Waals surface area (Å²) >= 11 is 1.53. The lowest BCUT2D eigenvalue weighted by atomic mass is 10.1. The average Bonchev–Trinajstić information content (AvgIpc) is 3.37. The lowest BCUT2D eigenvalue weighted by Gasteiger charge is -2.14. The van der Waals surface area contributed by atoms with Crippen LogP contribution in [0.3, 0.4) is 0 Å². The molecule has 166 valence electrons. The zero-order valence-electron chi connectivity index (χ0n) is 18.1. The summed E-state index contributed by atoms with van der Waals surface area (Å²) in [5.41, 5.74) is 2.61. The number of rotatable bonds is 5. The van der Waals surface area contributed by atoms with Crippen molar-refractivity contribution >= 4 is 48.3 Å². The van der Waals surface area contributed by atoms with E-state index in [1.165, 1.54) is 21.4 Å². The van der Waals surface area contributed by atoms with Gasteiger partial charge >= 0.3 is 5.97 Å². The molecule has 0 bridgehead atoms. The first-order valence-corrected chi connectivity index (χ1v) is 12.8. The molecule has 0 saturated heterocycles. The highest BCUT2D eigenvalue weighted by Crippen LogP contribution is 2.42. The summed E-state index contributed by atoms with van der Waals surface area (Å²) in [7, 11) is -4.08. The van der Waals surface area contributed by atoms with Gasteiger partial charge in [0.2, 0.25) is 0 Å². The van der Waals surface area contributed by atoms with E-state index in [9.17, 15) is 18.3 Å². The molecule has 0 aliphatic heterocycles. The number of thiophene rings is 1. The van der Waals surface area contributed by atoms with E-state index in [0.717, 1.165) is 32.5 Å². The zero-order chi connectivity index (χ0) is 23.3. The van der Waals surface area contributed by atoms with Crippen molar-refractivity contribution in [1.82, 2.24) is 3.97 Å². The van der Waals surface area contributed by atoms with Crippen LogP contribution in [0.5, 0.6) is 0 Å². The number of para-hydroxylation sites is 1. The van der Waals surface area contributed by atoms with E-state index in [4.69, 9.17) is 0 Å². The van der Waals surface area contributed by atoms with Crippen LogP contribution in [0.25, 0.3) is 31.6 Å². The van der Waals surface area contributed by atoms with Crippen molar-refractivity contribution in [3.63, 3.8) is 0 Å². The second-order valence-electron chi connectivity index (χ2n) is 7.92. The Morgan fingerprint density at radius 3 is 2.42 bits per heavy atom. The maximum absolute atomic E-state index is 14.0. The van der Waals surface area contributed by atoms with Gasteiger partial charge < -0.3 is 5.11 Å². The summed E-state index contributed by atoms with van der Waals surface area (Å²) in [6, 6.07) is 21.2. The Kier molecular flexibility index (Phi) is 5.11. The number of aryl methyl sites for hydroxylation is 2. The first-order valence-electron chi connectivity index (χ1n) is 10.5. The Hall–Kier alpha value is -3.42. The molecule has 0 radical (unpaired) electrons. The number of nitrogens with zero attached hydrogens (tertiary/aromatic N) is 1. The fraction of sp³-hybridized carbons (Fsp3) is 0.115. The molecule has 5 aromatic rings. The minimum Gasteiger partial charge on any atom is -0.478 e. The van der Waals surface area contributed by atoms with Crippen molar-refractivity contribution in [1.29, 1.82) is 0 Å². The van der Waals surface area contributed by atoms with Gasteiger partial charge in [0.05, 0.1) is 26.5 Å². The summed E-state index contributed by atoms with van der Waals surface area (Å²) in [6.07, 6.45) is 0.719. The predicted octanol–water partition coefficient (Wildman–Crippen LogP) is 6.33. The number of hydrogen-bond donors (Lipinski definition) is 1. The lowest BCUT2D eigenvalue weighted by molar-refractivity contribution is 0.0699. The van der Waals surface area contributed by atoms with Crippen LogP contribution in [-0.2, 0) is 16.4 Å². The lowest BCUT2D eigenvalue weighted by Crippen LogP contribution is -2.16. The van der Waals surface area contributed by atoms with Gasteiger partial charge in [0, 0.05) is 10.1 Å². The molecule has 0 atom stereocenters. The van der Waals surface area contributed by atoms with E-state index in [2.05, 4.69) is 0 Å². The van der Waals surface area contributed by atoms with Gasteiger partial charge in [-0.05, 0) is 54.6 Å². The standard InChI is InChI=1S/C26H21NO4S2/c1-3-19-20-8-4-5-10-23(20)32-25(19)22-15-17-7-6-9-21(26(28)29)24(17)27(22)33(30,31)18-13-11-16(2)12-14-18/h4-15H,3H2,1-2H3,(H,28,29). The van der Waals surface area contributed by atoms with Crippen LogP contribution in [0.4, 0.5) is 0 Å². The molecule has 1 N–H and O–H groups in total. The molecule has 0 spiro atoms. The normalized spacial score (nSPS) is 11.9. The molecule has 33 heavy (non-hydrogen) atoms. The third-order valence-electron chi connectivity index (χ3n) is 5.86. The SMILES string of the molecule is CCc1c(-c2cc3cccc(C(=O)O)c3n2S(=O)(=O)c2ccc(C)cc2)sc2ccccc12. The van der Waals surface area contributed by atoms with Gasteiger partial charge in [0.15, 0.2) is 0 Å². The van der Waals surface area contributed by atoms with Gasteiger partial charge in [-0.2, -0.15) is 0 Å². The summed E-state index contributed by atoms with van der Waals surface area (Å²) < 4.78 is 30.2. The highest BCUT2D eigenvalue weighted by Gasteiger charge is 2.29. The van der Waals surface area contributed by atoms with Gasteiger partial charge in [-0.1, -0.05) is 55.0 Å². The van der Waals surface area contributed by atoms with Crippen LogP contribution in [0.15, 0.2) is 77.7 Å². The molecule has 2 aromatic heterocycles. The Morgan fingerprint density at radius 1 is 1.00 bits per heavy atom. The summed E-state index contributed by atoms with van der Waals surface area (Å²) in [4.78, 5) is 13.0. The van der Waals surface area contributed by atoms with Gasteiger partial charge in [-0.3, -0.25) is 0 Å². The van der Waals surface area contributed by atoms with E-state index in [-0.39, 0.29) is 16.0 Å². The number of carboxylic acids is 1. The Labute approximate surface area is 195 Å². The van der Waals surface area contributed by atoms with Crippen LogP contribution in [0.2, 0.25) is 0 Å². The number of carbonyl (C=O) groups is 1. The van der Waals surface area contributed by atoms with Crippen molar-refractivity contribution in [2.45, 2.75) is 25.2 Å². The molecule has 0 saturated carbocycles. The molecule has 7 heteroatoms. The molecule has 0 amide bonds. The molecule has 3 aromatic carbocycles. The fourth-order valence-corrected chi connectivity index (χ4v) is 7.18. The molecule has 0 aliphatic rings.